The van der Waals surface area contributed by atoms with E-state index < -0.39 is 0 Å². The van der Waals surface area contributed by atoms with E-state index in [0.717, 1.165) is 11.8 Å². The highest BCUT2D eigenvalue weighted by Crippen LogP contribution is 2.23. The summed E-state index contributed by atoms with van der Waals surface area (Å²) in [4.78, 5) is 11.4. The monoisotopic (exact) mass is 310 g/mol. The highest BCUT2D eigenvalue weighted by Gasteiger charge is 2.16. The average Bonchev–Trinajstić information content (AvgIpc) is 2.90. The first-order valence-corrected chi connectivity index (χ1v) is 7.16. The molecule has 0 saturated heterocycles. The van der Waals surface area contributed by atoms with E-state index in [9.17, 15) is 9.18 Å². The summed E-state index contributed by atoms with van der Waals surface area (Å²) in [7, 11) is 0. The fourth-order valence-corrected chi connectivity index (χ4v) is 2.29. The predicted octanol–water partition coefficient (Wildman–Crippen LogP) is 3.71. The lowest BCUT2D eigenvalue weighted by molar-refractivity contribution is 0.111. The quantitative estimate of drug-likeness (QED) is 0.675. The van der Waals surface area contributed by atoms with Gasteiger partial charge in [-0.15, -0.1) is 5.10 Å². The summed E-state index contributed by atoms with van der Waals surface area (Å²) in [6.45, 7) is 2.09. The third-order valence-corrected chi connectivity index (χ3v) is 3.54. The van der Waals surface area contributed by atoms with Crippen molar-refractivity contribution in [2.75, 3.05) is 0 Å². The lowest BCUT2D eigenvalue weighted by Crippen LogP contribution is -2.00. The molecule has 0 aliphatic heterocycles. The summed E-state index contributed by atoms with van der Waals surface area (Å²) >= 11 is 0. The van der Waals surface area contributed by atoms with Crippen LogP contribution < -0.4 is 4.74 Å². The fourth-order valence-electron chi connectivity index (χ4n) is 2.29. The molecule has 5 heteroatoms. The van der Waals surface area contributed by atoms with Gasteiger partial charge in [-0.1, -0.05) is 30.3 Å². The number of nitrogens with zero attached hydrogens (tertiary/aromatic N) is 2. The van der Waals surface area contributed by atoms with Crippen molar-refractivity contribution in [3.05, 3.63) is 77.2 Å². The first-order chi connectivity index (χ1) is 11.2. The van der Waals surface area contributed by atoms with Gasteiger partial charge in [0.25, 0.3) is 0 Å². The zero-order valence-corrected chi connectivity index (χ0v) is 12.6. The summed E-state index contributed by atoms with van der Waals surface area (Å²) in [5.41, 5.74) is 2.69. The molecule has 0 bridgehead atoms. The molecule has 0 saturated carbocycles. The van der Waals surface area contributed by atoms with Gasteiger partial charge in [-0.2, -0.15) is 0 Å². The van der Waals surface area contributed by atoms with Gasteiger partial charge in [-0.3, -0.25) is 4.79 Å². The predicted molar refractivity (Wildman–Crippen MR) is 84.4 cm³/mol. The second-order valence-corrected chi connectivity index (χ2v) is 5.08. The topological polar surface area (TPSA) is 44.1 Å². The van der Waals surface area contributed by atoms with Gasteiger partial charge >= 0.3 is 0 Å². The molecule has 2 aromatic carbocycles. The van der Waals surface area contributed by atoms with Crippen molar-refractivity contribution in [3.63, 3.8) is 0 Å². The molecule has 116 valence electrons. The Labute approximate surface area is 133 Å². The highest BCUT2D eigenvalue weighted by molar-refractivity contribution is 5.80. The van der Waals surface area contributed by atoms with Crippen molar-refractivity contribution in [2.45, 2.75) is 13.5 Å². The molecule has 0 amide bonds. The van der Waals surface area contributed by atoms with Gasteiger partial charge in [0.1, 0.15) is 12.4 Å². The Morgan fingerprint density at radius 3 is 2.48 bits per heavy atom. The molecular weight excluding hydrogens is 295 g/mol. The maximum atomic E-state index is 13.1. The largest absolute Gasteiger partial charge is 0.471 e. The van der Waals surface area contributed by atoms with Crippen LogP contribution in [0.25, 0.3) is 5.69 Å². The third kappa shape index (κ3) is 3.13. The van der Waals surface area contributed by atoms with Crippen LogP contribution in [0.1, 0.15) is 21.6 Å². The van der Waals surface area contributed by atoms with Gasteiger partial charge in [-0.05, 0) is 36.8 Å². The molecule has 0 radical (unpaired) electrons. The molecule has 1 heterocycles. The van der Waals surface area contributed by atoms with E-state index in [1.165, 1.54) is 12.1 Å². The number of carbonyl (C=O) groups is 1. The molecule has 0 fully saturated rings. The maximum absolute atomic E-state index is 13.1. The van der Waals surface area contributed by atoms with Crippen LogP contribution in [0, 0.1) is 12.7 Å². The van der Waals surface area contributed by atoms with Crippen molar-refractivity contribution in [1.29, 1.82) is 0 Å². The van der Waals surface area contributed by atoms with Crippen molar-refractivity contribution >= 4 is 6.29 Å². The van der Waals surface area contributed by atoms with E-state index in [2.05, 4.69) is 5.10 Å². The number of benzene rings is 2. The van der Waals surface area contributed by atoms with Crippen LogP contribution in [0.4, 0.5) is 4.39 Å². The molecule has 1 aromatic heterocycles. The zero-order valence-electron chi connectivity index (χ0n) is 12.6. The van der Waals surface area contributed by atoms with E-state index >= 15 is 0 Å². The second kappa shape index (κ2) is 6.44. The molecule has 0 spiro atoms. The third-order valence-electron chi connectivity index (χ3n) is 3.54. The van der Waals surface area contributed by atoms with E-state index in [1.807, 2.05) is 30.3 Å². The Morgan fingerprint density at radius 1 is 1.13 bits per heavy atom. The molecule has 3 aromatic rings. The fraction of sp³-hybridized carbons (Fsp3) is 0.111. The van der Waals surface area contributed by atoms with Crippen molar-refractivity contribution in [3.8, 4) is 11.6 Å². The molecule has 0 aliphatic rings. The van der Waals surface area contributed by atoms with Crippen LogP contribution in [0.5, 0.6) is 5.88 Å². The van der Waals surface area contributed by atoms with Crippen molar-refractivity contribution in [2.24, 2.45) is 0 Å². The van der Waals surface area contributed by atoms with Crippen molar-refractivity contribution < 1.29 is 13.9 Å². The summed E-state index contributed by atoms with van der Waals surface area (Å²) < 4.78 is 20.3. The van der Waals surface area contributed by atoms with Crippen LogP contribution in [0.3, 0.4) is 0 Å². The Morgan fingerprint density at radius 2 is 1.83 bits per heavy atom. The molecule has 4 nitrogen and oxygen atoms in total. The van der Waals surface area contributed by atoms with E-state index in [1.54, 1.807) is 23.7 Å². The van der Waals surface area contributed by atoms with Gasteiger partial charge in [0.15, 0.2) is 6.29 Å². The number of aldehydes is 1. The standard InChI is InChI=1S/C18H15FN2O2/c1-13-17(11-22)18(23-12-14-5-3-2-4-6-14)20-21(13)16-9-7-15(19)8-10-16/h2-11H,12H2,1H3. The number of hydrogen-bond acceptors (Lipinski definition) is 3. The number of ether oxygens (including phenoxy) is 1. The summed E-state index contributed by atoms with van der Waals surface area (Å²) in [6, 6.07) is 15.5. The van der Waals surface area contributed by atoms with Gasteiger partial charge in [0.05, 0.1) is 16.9 Å². The minimum Gasteiger partial charge on any atom is -0.471 e. The minimum atomic E-state index is -0.324. The first kappa shape index (κ1) is 15.0. The molecule has 23 heavy (non-hydrogen) atoms. The number of halogens is 1. The highest BCUT2D eigenvalue weighted by atomic mass is 19.1. The van der Waals surface area contributed by atoms with Gasteiger partial charge < -0.3 is 4.74 Å². The SMILES string of the molecule is Cc1c(C=O)c(OCc2ccccc2)nn1-c1ccc(F)cc1. The lowest BCUT2D eigenvalue weighted by Gasteiger charge is -2.04. The van der Waals surface area contributed by atoms with Crippen LogP contribution in [0.2, 0.25) is 0 Å². The molecule has 0 N–H and O–H groups in total. The molecule has 0 atom stereocenters. The summed E-state index contributed by atoms with van der Waals surface area (Å²) in [5, 5.41) is 4.34. The maximum Gasteiger partial charge on any atom is 0.244 e. The Hall–Kier alpha value is -2.95. The molecule has 3 rings (SSSR count). The van der Waals surface area contributed by atoms with Gasteiger partial charge in [0, 0.05) is 0 Å². The van der Waals surface area contributed by atoms with E-state index in [-0.39, 0.29) is 11.7 Å². The minimum absolute atomic E-state index is 0.269. The zero-order chi connectivity index (χ0) is 16.2. The van der Waals surface area contributed by atoms with E-state index in [0.29, 0.717) is 23.6 Å². The van der Waals surface area contributed by atoms with Crippen LogP contribution in [-0.2, 0) is 6.61 Å². The number of carbonyl (C=O) groups excluding carboxylic acids is 1. The van der Waals surface area contributed by atoms with Crippen LogP contribution in [0.15, 0.2) is 54.6 Å². The molecular formula is C18H15FN2O2. The second-order valence-electron chi connectivity index (χ2n) is 5.08. The van der Waals surface area contributed by atoms with Gasteiger partial charge in [-0.25, -0.2) is 9.07 Å². The molecule has 0 aliphatic carbocycles. The number of hydrogen-bond donors (Lipinski definition) is 0. The Bertz CT molecular complexity index is 811. The number of rotatable bonds is 5. The summed E-state index contributed by atoms with van der Waals surface area (Å²) in [5.74, 6) is -0.0552. The van der Waals surface area contributed by atoms with Crippen LogP contribution >= 0.6 is 0 Å². The summed E-state index contributed by atoms with van der Waals surface area (Å²) in [6.07, 6.45) is 0.725. The first-order valence-electron chi connectivity index (χ1n) is 7.16. The molecule has 0 unspecified atom stereocenters. The number of aromatic nitrogens is 2. The van der Waals surface area contributed by atoms with Crippen molar-refractivity contribution in [1.82, 2.24) is 9.78 Å². The van der Waals surface area contributed by atoms with Gasteiger partial charge in [0.2, 0.25) is 5.88 Å². The smallest absolute Gasteiger partial charge is 0.244 e. The lowest BCUT2D eigenvalue weighted by atomic mass is 10.2. The normalized spacial score (nSPS) is 10.5. The van der Waals surface area contributed by atoms with Crippen LogP contribution in [-0.4, -0.2) is 16.1 Å². The Kier molecular flexibility index (Phi) is 4.19. The Balaban J connectivity index is 1.90. The average molecular weight is 310 g/mol. The van der Waals surface area contributed by atoms with E-state index in [4.69, 9.17) is 4.74 Å².